The summed E-state index contributed by atoms with van der Waals surface area (Å²) < 4.78 is 0. The third kappa shape index (κ3) is 4.20. The Balaban J connectivity index is 0.000000861. The maximum absolute atomic E-state index is 12.0. The van der Waals surface area contributed by atoms with Gasteiger partial charge < -0.3 is 14.7 Å². The summed E-state index contributed by atoms with van der Waals surface area (Å²) in [6.07, 6.45) is 0.884. The van der Waals surface area contributed by atoms with Crippen LogP contribution >= 0.6 is 0 Å². The summed E-state index contributed by atoms with van der Waals surface area (Å²) in [6, 6.07) is 0. The quantitative estimate of drug-likeness (QED) is 0.739. The van der Waals surface area contributed by atoms with Crippen LogP contribution in [0.2, 0.25) is 0 Å². The van der Waals surface area contributed by atoms with Crippen LogP contribution in [0, 0.1) is 5.92 Å². The van der Waals surface area contributed by atoms with Crippen molar-refractivity contribution in [3.05, 3.63) is 0 Å². The van der Waals surface area contributed by atoms with Crippen molar-refractivity contribution in [2.75, 3.05) is 46.3 Å². The summed E-state index contributed by atoms with van der Waals surface area (Å²) in [5.74, 6) is 0.323. The first kappa shape index (κ1) is 16.0. The van der Waals surface area contributed by atoms with Crippen LogP contribution in [0.4, 0.5) is 0 Å². The molecule has 0 aromatic carbocycles. The van der Waals surface area contributed by atoms with E-state index in [9.17, 15) is 9.59 Å². The lowest BCUT2D eigenvalue weighted by Crippen LogP contribution is -2.50. The number of amides is 2. The van der Waals surface area contributed by atoms with Crippen molar-refractivity contribution in [2.45, 2.75) is 27.2 Å². The Hall–Kier alpha value is -1.10. The van der Waals surface area contributed by atoms with Crippen LogP contribution in [-0.2, 0) is 9.59 Å². The summed E-state index contributed by atoms with van der Waals surface area (Å²) in [4.78, 5) is 29.5. The molecule has 2 fully saturated rings. The topological polar surface area (TPSA) is 43.9 Å². The highest BCUT2D eigenvalue weighted by Gasteiger charge is 2.30. The molecule has 2 aliphatic rings. The molecule has 1 unspecified atom stereocenters. The fourth-order valence-corrected chi connectivity index (χ4v) is 2.37. The van der Waals surface area contributed by atoms with Gasteiger partial charge in [-0.3, -0.25) is 9.59 Å². The zero-order chi connectivity index (χ0) is 14.4. The minimum absolute atomic E-state index is 0.0929. The lowest BCUT2D eigenvalue weighted by molar-refractivity contribution is -0.140. The zero-order valence-electron chi connectivity index (χ0n) is 12.7. The maximum Gasteiger partial charge on any atom is 0.242 e. The SMILES string of the molecule is CC.CC1CCN(CC(=O)N2CCN(C)CC2)C1=O. The Bertz CT molecular complexity index is 312. The van der Waals surface area contributed by atoms with Crippen LogP contribution in [0.15, 0.2) is 0 Å². The van der Waals surface area contributed by atoms with E-state index >= 15 is 0 Å². The van der Waals surface area contributed by atoms with Crippen LogP contribution in [-0.4, -0.2) is 72.8 Å². The summed E-state index contributed by atoms with van der Waals surface area (Å²) >= 11 is 0. The Morgan fingerprint density at radius 1 is 1.16 bits per heavy atom. The molecule has 5 nitrogen and oxygen atoms in total. The largest absolute Gasteiger partial charge is 0.339 e. The van der Waals surface area contributed by atoms with E-state index in [1.165, 1.54) is 0 Å². The minimum Gasteiger partial charge on any atom is -0.339 e. The van der Waals surface area contributed by atoms with E-state index < -0.39 is 0 Å². The van der Waals surface area contributed by atoms with Crippen molar-refractivity contribution in [1.82, 2.24) is 14.7 Å². The number of nitrogens with zero attached hydrogens (tertiary/aromatic N) is 3. The predicted octanol–water partition coefficient (Wildman–Crippen LogP) is 0.655. The summed E-state index contributed by atoms with van der Waals surface area (Å²) in [5, 5.41) is 0. The van der Waals surface area contributed by atoms with E-state index in [0.717, 1.165) is 39.1 Å². The molecule has 2 aliphatic heterocycles. The van der Waals surface area contributed by atoms with Gasteiger partial charge in [0.1, 0.15) is 0 Å². The molecule has 0 aliphatic carbocycles. The molecule has 2 saturated heterocycles. The molecule has 0 N–H and O–H groups in total. The number of piperazine rings is 1. The number of carbonyl (C=O) groups is 2. The Morgan fingerprint density at radius 2 is 1.74 bits per heavy atom. The van der Waals surface area contributed by atoms with Gasteiger partial charge in [-0.05, 0) is 13.5 Å². The lowest BCUT2D eigenvalue weighted by atomic mass is 10.1. The van der Waals surface area contributed by atoms with Gasteiger partial charge in [0.05, 0.1) is 6.54 Å². The molecule has 0 saturated carbocycles. The zero-order valence-corrected chi connectivity index (χ0v) is 12.7. The fourth-order valence-electron chi connectivity index (χ4n) is 2.37. The molecule has 0 radical (unpaired) electrons. The van der Waals surface area contributed by atoms with Crippen LogP contribution in [0.25, 0.3) is 0 Å². The van der Waals surface area contributed by atoms with Crippen LogP contribution in [0.5, 0.6) is 0 Å². The van der Waals surface area contributed by atoms with Gasteiger partial charge in [0.15, 0.2) is 0 Å². The van der Waals surface area contributed by atoms with Crippen LogP contribution in [0.1, 0.15) is 27.2 Å². The Labute approximate surface area is 116 Å². The van der Waals surface area contributed by atoms with Crippen LogP contribution in [0.3, 0.4) is 0 Å². The van der Waals surface area contributed by atoms with Crippen molar-refractivity contribution < 1.29 is 9.59 Å². The third-order valence-electron chi connectivity index (χ3n) is 3.75. The molecule has 2 rings (SSSR count). The van der Waals surface area contributed by atoms with E-state index in [-0.39, 0.29) is 24.3 Å². The maximum atomic E-state index is 12.0. The second-order valence-corrected chi connectivity index (χ2v) is 5.13. The first-order chi connectivity index (χ1) is 9.08. The number of carbonyl (C=O) groups excluding carboxylic acids is 2. The molecule has 19 heavy (non-hydrogen) atoms. The average molecular weight is 269 g/mol. The Morgan fingerprint density at radius 3 is 2.21 bits per heavy atom. The molecule has 0 aromatic heterocycles. The molecular formula is C14H27N3O2. The molecule has 2 heterocycles. The number of likely N-dealkylation sites (N-methyl/N-ethyl adjacent to an activating group) is 1. The van der Waals surface area contributed by atoms with Gasteiger partial charge in [-0.25, -0.2) is 0 Å². The van der Waals surface area contributed by atoms with E-state index in [0.29, 0.717) is 0 Å². The second-order valence-electron chi connectivity index (χ2n) is 5.13. The standard InChI is InChI=1S/C12H21N3O2.C2H6/c1-10-3-4-15(12(10)17)9-11(16)14-7-5-13(2)6-8-14;1-2/h10H,3-9H2,1-2H3;1-2H3. The number of likely N-dealkylation sites (tertiary alicyclic amines) is 1. The summed E-state index contributed by atoms with van der Waals surface area (Å²) in [7, 11) is 2.06. The third-order valence-corrected chi connectivity index (χ3v) is 3.75. The molecule has 2 amide bonds. The van der Waals surface area contributed by atoms with Crippen molar-refractivity contribution in [1.29, 1.82) is 0 Å². The molecule has 0 bridgehead atoms. The average Bonchev–Trinajstić information content (AvgIpc) is 2.74. The highest BCUT2D eigenvalue weighted by molar-refractivity contribution is 5.87. The lowest BCUT2D eigenvalue weighted by Gasteiger charge is -2.33. The van der Waals surface area contributed by atoms with Crippen molar-refractivity contribution >= 4 is 11.8 Å². The molecule has 110 valence electrons. The van der Waals surface area contributed by atoms with Gasteiger partial charge in [0, 0.05) is 38.6 Å². The van der Waals surface area contributed by atoms with Crippen molar-refractivity contribution in [3.8, 4) is 0 Å². The smallest absolute Gasteiger partial charge is 0.242 e. The first-order valence-corrected chi connectivity index (χ1v) is 7.33. The highest BCUT2D eigenvalue weighted by atomic mass is 16.2. The number of hydrogen-bond donors (Lipinski definition) is 0. The Kier molecular flexibility index (Phi) is 6.28. The monoisotopic (exact) mass is 269 g/mol. The second kappa shape index (κ2) is 7.48. The molecule has 5 heteroatoms. The van der Waals surface area contributed by atoms with Gasteiger partial charge in [-0.2, -0.15) is 0 Å². The van der Waals surface area contributed by atoms with Gasteiger partial charge in [-0.1, -0.05) is 20.8 Å². The molecular weight excluding hydrogens is 242 g/mol. The van der Waals surface area contributed by atoms with Crippen molar-refractivity contribution in [3.63, 3.8) is 0 Å². The fraction of sp³-hybridized carbons (Fsp3) is 0.857. The number of rotatable bonds is 2. The van der Waals surface area contributed by atoms with E-state index in [4.69, 9.17) is 0 Å². The first-order valence-electron chi connectivity index (χ1n) is 7.33. The normalized spacial score (nSPS) is 24.2. The highest BCUT2D eigenvalue weighted by Crippen LogP contribution is 2.16. The van der Waals surface area contributed by atoms with E-state index in [2.05, 4.69) is 11.9 Å². The van der Waals surface area contributed by atoms with Gasteiger partial charge in [0.25, 0.3) is 0 Å². The summed E-state index contributed by atoms with van der Waals surface area (Å²) in [6.45, 7) is 10.4. The molecule has 0 spiro atoms. The summed E-state index contributed by atoms with van der Waals surface area (Å²) in [5.41, 5.74) is 0. The minimum atomic E-state index is 0.0929. The molecule has 0 aromatic rings. The number of hydrogen-bond acceptors (Lipinski definition) is 3. The van der Waals surface area contributed by atoms with Crippen molar-refractivity contribution in [2.24, 2.45) is 5.92 Å². The van der Waals surface area contributed by atoms with Gasteiger partial charge >= 0.3 is 0 Å². The van der Waals surface area contributed by atoms with E-state index in [1.54, 1.807) is 4.90 Å². The van der Waals surface area contributed by atoms with Gasteiger partial charge in [0.2, 0.25) is 11.8 Å². The van der Waals surface area contributed by atoms with Gasteiger partial charge in [-0.15, -0.1) is 0 Å². The molecule has 1 atom stereocenters. The van der Waals surface area contributed by atoms with Crippen LogP contribution < -0.4 is 0 Å². The predicted molar refractivity (Wildman–Crippen MR) is 75.8 cm³/mol. The van der Waals surface area contributed by atoms with E-state index in [1.807, 2.05) is 25.7 Å².